The van der Waals surface area contributed by atoms with Gasteiger partial charge in [0, 0.05) is 31.9 Å². The Morgan fingerprint density at radius 3 is 2.65 bits per heavy atom. The molecule has 0 spiro atoms. The van der Waals surface area contributed by atoms with E-state index in [4.69, 9.17) is 0 Å². The molecular weight excluding hydrogens is 250 g/mol. The Hall–Kier alpha value is -2.36. The molecule has 0 fully saturated rings. The van der Waals surface area contributed by atoms with Gasteiger partial charge in [0.05, 0.1) is 12.2 Å². The standard InChI is InChI=1S/C16H19N3O/c1-13(15-7-5-4-6-8-15)19(3)16(20)10-9-14-11-17-18(2)12-14/h4-13H,1-3H3. The highest BCUT2D eigenvalue weighted by Crippen LogP contribution is 2.18. The van der Waals surface area contributed by atoms with E-state index in [9.17, 15) is 4.79 Å². The van der Waals surface area contributed by atoms with Crippen LogP contribution < -0.4 is 0 Å². The zero-order chi connectivity index (χ0) is 14.5. The SMILES string of the molecule is CC(c1ccccc1)N(C)C(=O)C=Cc1cnn(C)c1. The molecule has 0 aliphatic rings. The number of amides is 1. The van der Waals surface area contributed by atoms with E-state index in [1.807, 2.05) is 57.5 Å². The number of carbonyl (C=O) groups excluding carboxylic acids is 1. The van der Waals surface area contributed by atoms with E-state index in [0.29, 0.717) is 0 Å². The molecule has 20 heavy (non-hydrogen) atoms. The maximum atomic E-state index is 12.1. The lowest BCUT2D eigenvalue weighted by molar-refractivity contribution is -0.126. The van der Waals surface area contributed by atoms with Crippen LogP contribution in [-0.4, -0.2) is 27.6 Å². The predicted octanol–water partition coefficient (Wildman–Crippen LogP) is 2.65. The molecule has 1 heterocycles. The lowest BCUT2D eigenvalue weighted by Gasteiger charge is -2.24. The number of likely N-dealkylation sites (N-methyl/N-ethyl adjacent to an activating group) is 1. The first-order chi connectivity index (χ1) is 9.58. The predicted molar refractivity (Wildman–Crippen MR) is 79.9 cm³/mol. The first-order valence-corrected chi connectivity index (χ1v) is 6.56. The van der Waals surface area contributed by atoms with Gasteiger partial charge in [-0.15, -0.1) is 0 Å². The monoisotopic (exact) mass is 269 g/mol. The van der Waals surface area contributed by atoms with Crippen LogP contribution >= 0.6 is 0 Å². The minimum Gasteiger partial charge on any atom is -0.335 e. The molecule has 0 aliphatic carbocycles. The van der Waals surface area contributed by atoms with Crippen LogP contribution in [0.2, 0.25) is 0 Å². The Labute approximate surface area is 119 Å². The van der Waals surface area contributed by atoms with Crippen LogP contribution in [0.1, 0.15) is 24.1 Å². The third-order valence-electron chi connectivity index (χ3n) is 3.35. The molecule has 0 aliphatic heterocycles. The molecule has 0 radical (unpaired) electrons. The van der Waals surface area contributed by atoms with E-state index in [-0.39, 0.29) is 11.9 Å². The number of aromatic nitrogens is 2. The fraction of sp³-hybridized carbons (Fsp3) is 0.250. The first-order valence-electron chi connectivity index (χ1n) is 6.56. The molecule has 0 saturated carbocycles. The topological polar surface area (TPSA) is 38.1 Å². The van der Waals surface area contributed by atoms with Gasteiger partial charge in [-0.25, -0.2) is 0 Å². The second-order valence-corrected chi connectivity index (χ2v) is 4.82. The molecule has 4 heteroatoms. The van der Waals surface area contributed by atoms with Gasteiger partial charge in [-0.3, -0.25) is 9.48 Å². The fourth-order valence-corrected chi connectivity index (χ4v) is 1.96. The van der Waals surface area contributed by atoms with Crippen molar-refractivity contribution in [2.24, 2.45) is 7.05 Å². The van der Waals surface area contributed by atoms with E-state index in [0.717, 1.165) is 11.1 Å². The van der Waals surface area contributed by atoms with E-state index in [2.05, 4.69) is 5.10 Å². The number of hydrogen-bond acceptors (Lipinski definition) is 2. The number of nitrogens with zero attached hydrogens (tertiary/aromatic N) is 3. The number of hydrogen-bond donors (Lipinski definition) is 0. The summed E-state index contributed by atoms with van der Waals surface area (Å²) in [6, 6.07) is 10.0. The first kappa shape index (κ1) is 14.1. The van der Waals surface area contributed by atoms with Crippen molar-refractivity contribution in [3.05, 3.63) is 59.9 Å². The molecule has 104 valence electrons. The van der Waals surface area contributed by atoms with Gasteiger partial charge < -0.3 is 4.90 Å². The van der Waals surface area contributed by atoms with Crippen molar-refractivity contribution in [3.63, 3.8) is 0 Å². The second kappa shape index (κ2) is 6.19. The van der Waals surface area contributed by atoms with E-state index < -0.39 is 0 Å². The summed E-state index contributed by atoms with van der Waals surface area (Å²) in [6.07, 6.45) is 6.95. The molecular formula is C16H19N3O. The fourth-order valence-electron chi connectivity index (χ4n) is 1.96. The summed E-state index contributed by atoms with van der Waals surface area (Å²) in [7, 11) is 3.66. The van der Waals surface area contributed by atoms with Gasteiger partial charge >= 0.3 is 0 Å². The van der Waals surface area contributed by atoms with Crippen molar-refractivity contribution in [1.29, 1.82) is 0 Å². The molecule has 0 N–H and O–H groups in total. The van der Waals surface area contributed by atoms with Gasteiger partial charge in [-0.1, -0.05) is 30.3 Å². The average molecular weight is 269 g/mol. The summed E-state index contributed by atoms with van der Waals surface area (Å²) < 4.78 is 1.71. The Morgan fingerprint density at radius 1 is 1.35 bits per heavy atom. The van der Waals surface area contributed by atoms with Crippen molar-refractivity contribution in [3.8, 4) is 0 Å². The smallest absolute Gasteiger partial charge is 0.246 e. The molecule has 4 nitrogen and oxygen atoms in total. The molecule has 2 aromatic rings. The molecule has 1 atom stereocenters. The zero-order valence-corrected chi connectivity index (χ0v) is 12.0. The molecule has 1 aromatic carbocycles. The van der Waals surface area contributed by atoms with Crippen LogP contribution in [0.4, 0.5) is 0 Å². The normalized spacial score (nSPS) is 12.6. The molecule has 1 amide bonds. The third kappa shape index (κ3) is 3.35. The Balaban J connectivity index is 2.03. The van der Waals surface area contributed by atoms with Crippen LogP contribution in [-0.2, 0) is 11.8 Å². The van der Waals surface area contributed by atoms with Crippen LogP contribution in [0.15, 0.2) is 48.8 Å². The third-order valence-corrected chi connectivity index (χ3v) is 3.35. The van der Waals surface area contributed by atoms with Gasteiger partial charge in [0.2, 0.25) is 5.91 Å². The quantitative estimate of drug-likeness (QED) is 0.800. The zero-order valence-electron chi connectivity index (χ0n) is 12.0. The molecule has 0 saturated heterocycles. The summed E-state index contributed by atoms with van der Waals surface area (Å²) in [5.74, 6) is -0.0230. The highest BCUT2D eigenvalue weighted by Gasteiger charge is 2.14. The number of rotatable bonds is 4. The van der Waals surface area contributed by atoms with E-state index in [1.54, 1.807) is 27.9 Å². The average Bonchev–Trinajstić information content (AvgIpc) is 2.89. The van der Waals surface area contributed by atoms with Crippen LogP contribution in [0.3, 0.4) is 0 Å². The Kier molecular flexibility index (Phi) is 4.35. The van der Waals surface area contributed by atoms with Crippen molar-refractivity contribution < 1.29 is 4.79 Å². The summed E-state index contributed by atoms with van der Waals surface area (Å²) in [5, 5.41) is 4.06. The van der Waals surface area contributed by atoms with Gasteiger partial charge in [0.1, 0.15) is 0 Å². The van der Waals surface area contributed by atoms with Crippen molar-refractivity contribution in [2.45, 2.75) is 13.0 Å². The summed E-state index contributed by atoms with van der Waals surface area (Å²) in [4.78, 5) is 13.9. The minimum atomic E-state index is -0.0230. The van der Waals surface area contributed by atoms with Gasteiger partial charge in [0.15, 0.2) is 0 Å². The summed E-state index contributed by atoms with van der Waals surface area (Å²) in [6.45, 7) is 2.02. The highest BCUT2D eigenvalue weighted by atomic mass is 16.2. The Bertz CT molecular complexity index is 601. The second-order valence-electron chi connectivity index (χ2n) is 4.82. The highest BCUT2D eigenvalue weighted by molar-refractivity contribution is 5.91. The van der Waals surface area contributed by atoms with Crippen molar-refractivity contribution >= 4 is 12.0 Å². The molecule has 1 aromatic heterocycles. The van der Waals surface area contributed by atoms with Crippen LogP contribution in [0, 0.1) is 0 Å². The van der Waals surface area contributed by atoms with Crippen molar-refractivity contribution in [1.82, 2.24) is 14.7 Å². The minimum absolute atomic E-state index is 0.0230. The molecule has 1 unspecified atom stereocenters. The van der Waals surface area contributed by atoms with Gasteiger partial charge in [-0.05, 0) is 18.6 Å². The number of benzene rings is 1. The lowest BCUT2D eigenvalue weighted by atomic mass is 10.1. The lowest BCUT2D eigenvalue weighted by Crippen LogP contribution is -2.27. The van der Waals surface area contributed by atoms with Gasteiger partial charge in [-0.2, -0.15) is 5.10 Å². The molecule has 2 rings (SSSR count). The Morgan fingerprint density at radius 2 is 2.05 bits per heavy atom. The molecule has 0 bridgehead atoms. The van der Waals surface area contributed by atoms with Gasteiger partial charge in [0.25, 0.3) is 0 Å². The maximum absolute atomic E-state index is 12.1. The van der Waals surface area contributed by atoms with Crippen LogP contribution in [0.25, 0.3) is 6.08 Å². The van der Waals surface area contributed by atoms with Crippen molar-refractivity contribution in [2.75, 3.05) is 7.05 Å². The van der Waals surface area contributed by atoms with E-state index in [1.165, 1.54) is 0 Å². The number of carbonyl (C=O) groups is 1. The van der Waals surface area contributed by atoms with Crippen LogP contribution in [0.5, 0.6) is 0 Å². The van der Waals surface area contributed by atoms with E-state index >= 15 is 0 Å². The summed E-state index contributed by atoms with van der Waals surface area (Å²) >= 11 is 0. The largest absolute Gasteiger partial charge is 0.335 e. The summed E-state index contributed by atoms with van der Waals surface area (Å²) in [5.41, 5.74) is 2.04. The number of aryl methyl sites for hydroxylation is 1. The maximum Gasteiger partial charge on any atom is 0.246 e.